The number of carboxylic acids is 1. The molecule has 1 aliphatic carbocycles. The summed E-state index contributed by atoms with van der Waals surface area (Å²) in [7, 11) is 0. The summed E-state index contributed by atoms with van der Waals surface area (Å²) in [5.41, 5.74) is 5.78. The van der Waals surface area contributed by atoms with E-state index in [4.69, 9.17) is 9.84 Å². The van der Waals surface area contributed by atoms with Crippen molar-refractivity contribution >= 4 is 39.6 Å². The third-order valence-electron chi connectivity index (χ3n) is 6.06. The summed E-state index contributed by atoms with van der Waals surface area (Å²) in [5, 5.41) is 14.4. The molecule has 0 heterocycles. The number of carboxylic acid groups (broad SMARTS) is 1. The van der Waals surface area contributed by atoms with Crippen LogP contribution >= 0.6 is 15.9 Å². The Kier molecular flexibility index (Phi) is 7.51. The minimum Gasteiger partial charge on any atom is -0.481 e. The van der Waals surface area contributed by atoms with Crippen LogP contribution in [-0.4, -0.2) is 35.7 Å². The number of carbonyl (C=O) groups excluding carboxylic acids is 2. The van der Waals surface area contributed by atoms with Gasteiger partial charge in [0.1, 0.15) is 12.6 Å². The number of alkyl carbamates (subject to hydrolysis) is 1. The third-order valence-corrected chi connectivity index (χ3v) is 6.55. The number of rotatable bonds is 8. The zero-order valence-corrected chi connectivity index (χ0v) is 20.7. The molecule has 0 aromatic heterocycles. The lowest BCUT2D eigenvalue weighted by molar-refractivity contribution is -0.137. The van der Waals surface area contributed by atoms with Crippen LogP contribution in [0.5, 0.6) is 0 Å². The highest BCUT2D eigenvalue weighted by Gasteiger charge is 2.30. The first-order valence-corrected chi connectivity index (χ1v) is 12.0. The quantitative estimate of drug-likeness (QED) is 0.354. The Morgan fingerprint density at radius 1 is 1.00 bits per heavy atom. The molecule has 1 unspecified atom stereocenters. The lowest BCUT2D eigenvalue weighted by Crippen LogP contribution is -2.44. The van der Waals surface area contributed by atoms with Gasteiger partial charge < -0.3 is 20.5 Å². The number of benzene rings is 3. The van der Waals surface area contributed by atoms with E-state index in [0.717, 1.165) is 32.3 Å². The molecule has 0 fully saturated rings. The summed E-state index contributed by atoms with van der Waals surface area (Å²) in [4.78, 5) is 36.7. The molecule has 1 atom stereocenters. The second-order valence-electron chi connectivity index (χ2n) is 8.40. The molecule has 0 bridgehead atoms. The number of amides is 2. The Bertz CT molecular complexity index is 1230. The maximum Gasteiger partial charge on any atom is 0.407 e. The van der Waals surface area contributed by atoms with E-state index in [1.165, 1.54) is 0 Å². The van der Waals surface area contributed by atoms with Gasteiger partial charge in [0.05, 0.1) is 0 Å². The predicted molar refractivity (Wildman–Crippen MR) is 136 cm³/mol. The second kappa shape index (κ2) is 10.7. The molecule has 0 radical (unpaired) electrons. The van der Waals surface area contributed by atoms with Crippen LogP contribution in [-0.2, 0) is 14.3 Å². The number of hydrogen-bond acceptors (Lipinski definition) is 4. The van der Waals surface area contributed by atoms with Gasteiger partial charge >= 0.3 is 12.1 Å². The molecule has 3 N–H and O–H groups in total. The van der Waals surface area contributed by atoms with Crippen LogP contribution in [0.1, 0.15) is 35.4 Å². The molecule has 0 saturated carbocycles. The van der Waals surface area contributed by atoms with Crippen molar-refractivity contribution in [2.75, 3.05) is 11.9 Å². The van der Waals surface area contributed by atoms with E-state index < -0.39 is 24.0 Å². The Morgan fingerprint density at radius 3 is 2.26 bits per heavy atom. The average molecular weight is 537 g/mol. The highest BCUT2D eigenvalue weighted by Crippen LogP contribution is 2.44. The molecule has 8 heteroatoms. The van der Waals surface area contributed by atoms with E-state index in [1.807, 2.05) is 67.6 Å². The Morgan fingerprint density at radius 2 is 1.63 bits per heavy atom. The minimum atomic E-state index is -1.07. The summed E-state index contributed by atoms with van der Waals surface area (Å²) in [6.07, 6.45) is -1.12. The van der Waals surface area contributed by atoms with Crippen molar-refractivity contribution in [2.24, 2.45) is 0 Å². The second-order valence-corrected chi connectivity index (χ2v) is 9.32. The molecular weight excluding hydrogens is 512 g/mol. The van der Waals surface area contributed by atoms with E-state index in [0.29, 0.717) is 5.69 Å². The van der Waals surface area contributed by atoms with E-state index in [1.54, 1.807) is 6.07 Å². The van der Waals surface area contributed by atoms with Gasteiger partial charge in [-0.25, -0.2) is 4.79 Å². The first-order chi connectivity index (χ1) is 16.8. The number of fused-ring (bicyclic) bond motifs is 3. The zero-order chi connectivity index (χ0) is 24.9. The maximum absolute atomic E-state index is 12.9. The number of aryl methyl sites for hydroxylation is 1. The lowest BCUT2D eigenvalue weighted by Gasteiger charge is -2.20. The molecule has 3 aromatic rings. The number of hydrogen-bond donors (Lipinski definition) is 3. The smallest absolute Gasteiger partial charge is 0.407 e. The zero-order valence-electron chi connectivity index (χ0n) is 19.1. The van der Waals surface area contributed by atoms with Crippen molar-refractivity contribution < 1.29 is 24.2 Å². The number of nitrogens with one attached hydrogen (secondary N) is 2. The van der Waals surface area contributed by atoms with Crippen LogP contribution in [0, 0.1) is 6.92 Å². The van der Waals surface area contributed by atoms with Gasteiger partial charge in [0.15, 0.2) is 0 Å². The normalized spacial score (nSPS) is 12.9. The molecule has 0 aliphatic heterocycles. The molecule has 0 saturated heterocycles. The lowest BCUT2D eigenvalue weighted by atomic mass is 9.98. The van der Waals surface area contributed by atoms with Crippen LogP contribution in [0.4, 0.5) is 10.5 Å². The van der Waals surface area contributed by atoms with Crippen molar-refractivity contribution in [2.45, 2.75) is 31.7 Å². The molecule has 0 spiro atoms. The van der Waals surface area contributed by atoms with E-state index in [2.05, 4.69) is 26.6 Å². The van der Waals surface area contributed by atoms with Crippen LogP contribution in [0.25, 0.3) is 11.1 Å². The van der Waals surface area contributed by atoms with Crippen molar-refractivity contribution in [3.63, 3.8) is 0 Å². The Hall–Kier alpha value is -3.65. The molecule has 2 amide bonds. The maximum atomic E-state index is 12.9. The molecular formula is C27H25BrN2O5. The van der Waals surface area contributed by atoms with Crippen molar-refractivity contribution in [3.05, 3.63) is 87.9 Å². The molecule has 7 nitrogen and oxygen atoms in total. The average Bonchev–Trinajstić information content (AvgIpc) is 3.16. The summed E-state index contributed by atoms with van der Waals surface area (Å²) >= 11 is 3.37. The Balaban J connectivity index is 1.44. The van der Waals surface area contributed by atoms with Crippen molar-refractivity contribution in [1.82, 2.24) is 5.32 Å². The SMILES string of the molecule is Cc1ccc(Br)cc1NC(=O)C(CCC(=O)O)NC(=O)OCC1c2ccccc2-c2ccccc21. The van der Waals surface area contributed by atoms with Crippen molar-refractivity contribution in [1.29, 1.82) is 0 Å². The fourth-order valence-electron chi connectivity index (χ4n) is 4.27. The fourth-order valence-corrected chi connectivity index (χ4v) is 4.63. The minimum absolute atomic E-state index is 0.0710. The van der Waals surface area contributed by atoms with Gasteiger partial charge in [0.25, 0.3) is 0 Å². The largest absolute Gasteiger partial charge is 0.481 e. The van der Waals surface area contributed by atoms with E-state index >= 15 is 0 Å². The van der Waals surface area contributed by atoms with Crippen LogP contribution in [0.15, 0.2) is 71.2 Å². The molecule has 35 heavy (non-hydrogen) atoms. The Labute approximate surface area is 211 Å². The predicted octanol–water partition coefficient (Wildman–Crippen LogP) is 5.47. The summed E-state index contributed by atoms with van der Waals surface area (Å²) in [6, 6.07) is 20.3. The number of ether oxygens (including phenoxy) is 1. The summed E-state index contributed by atoms with van der Waals surface area (Å²) < 4.78 is 6.32. The first kappa shape index (κ1) is 24.5. The van der Waals surface area contributed by atoms with Gasteiger partial charge in [-0.1, -0.05) is 70.5 Å². The topological polar surface area (TPSA) is 105 Å². The number of halogens is 1. The number of anilines is 1. The number of aliphatic carboxylic acids is 1. The van der Waals surface area contributed by atoms with E-state index in [-0.39, 0.29) is 25.4 Å². The van der Waals surface area contributed by atoms with E-state index in [9.17, 15) is 14.4 Å². The van der Waals surface area contributed by atoms with Crippen LogP contribution in [0.2, 0.25) is 0 Å². The number of carbonyl (C=O) groups is 3. The van der Waals surface area contributed by atoms with Gasteiger partial charge in [-0.3, -0.25) is 9.59 Å². The van der Waals surface area contributed by atoms with Gasteiger partial charge in [-0.15, -0.1) is 0 Å². The molecule has 180 valence electrons. The molecule has 1 aliphatic rings. The van der Waals surface area contributed by atoms with Gasteiger partial charge in [-0.05, 0) is 53.3 Å². The third kappa shape index (κ3) is 5.71. The molecule has 4 rings (SSSR count). The fraction of sp³-hybridized carbons (Fsp3) is 0.222. The molecule has 3 aromatic carbocycles. The van der Waals surface area contributed by atoms with Gasteiger partial charge in [0.2, 0.25) is 5.91 Å². The monoisotopic (exact) mass is 536 g/mol. The van der Waals surface area contributed by atoms with Gasteiger partial charge in [0, 0.05) is 22.5 Å². The van der Waals surface area contributed by atoms with Crippen LogP contribution < -0.4 is 10.6 Å². The van der Waals surface area contributed by atoms with Crippen molar-refractivity contribution in [3.8, 4) is 11.1 Å². The highest BCUT2D eigenvalue weighted by molar-refractivity contribution is 9.10. The van der Waals surface area contributed by atoms with Crippen LogP contribution in [0.3, 0.4) is 0 Å². The first-order valence-electron chi connectivity index (χ1n) is 11.2. The standard InChI is InChI=1S/C27H25BrN2O5/c1-16-10-11-17(28)14-24(16)29-26(33)23(12-13-25(31)32)30-27(34)35-15-22-20-8-4-2-6-18(20)19-7-3-5-9-21(19)22/h2-11,14,22-23H,12-13,15H2,1H3,(H,29,33)(H,30,34)(H,31,32). The van der Waals surface area contributed by atoms with Gasteiger partial charge in [-0.2, -0.15) is 0 Å². The summed E-state index contributed by atoms with van der Waals surface area (Å²) in [5.74, 6) is -1.69. The highest BCUT2D eigenvalue weighted by atomic mass is 79.9. The summed E-state index contributed by atoms with van der Waals surface area (Å²) in [6.45, 7) is 1.94.